The van der Waals surface area contributed by atoms with E-state index in [0.29, 0.717) is 19.7 Å². The summed E-state index contributed by atoms with van der Waals surface area (Å²) in [5.41, 5.74) is 7.43. The summed E-state index contributed by atoms with van der Waals surface area (Å²) in [6, 6.07) is 5.02. The van der Waals surface area contributed by atoms with Gasteiger partial charge in [-0.1, -0.05) is 6.07 Å². The van der Waals surface area contributed by atoms with E-state index in [1.165, 1.54) is 0 Å². The summed E-state index contributed by atoms with van der Waals surface area (Å²) in [6.45, 7) is 7.32. The number of nitrogens with one attached hydrogen (secondary N) is 1. The Hall–Kier alpha value is -0.950. The van der Waals surface area contributed by atoms with Crippen LogP contribution in [0, 0.1) is 6.92 Å². The monoisotopic (exact) mass is 314 g/mol. The third kappa shape index (κ3) is 6.13. The number of benzene rings is 1. The molecule has 0 aliphatic heterocycles. The van der Waals surface area contributed by atoms with Crippen molar-refractivity contribution < 1.29 is 13.2 Å². The standard InChI is InChI=1S/C15H26N2O3S/c1-12(2)20-9-5-4-8-17-21(18,19)15-7-6-14(11-16)13(3)10-15/h6-7,10,12,17H,4-5,8-9,11,16H2,1-3H3. The van der Waals surface area contributed by atoms with Gasteiger partial charge in [-0.05, 0) is 56.9 Å². The van der Waals surface area contributed by atoms with E-state index in [2.05, 4.69) is 4.72 Å². The smallest absolute Gasteiger partial charge is 0.240 e. The number of hydrogen-bond acceptors (Lipinski definition) is 4. The van der Waals surface area contributed by atoms with E-state index >= 15 is 0 Å². The van der Waals surface area contributed by atoms with Crippen LogP contribution in [0.15, 0.2) is 23.1 Å². The normalized spacial score (nSPS) is 12.0. The molecule has 1 rings (SSSR count). The van der Waals surface area contributed by atoms with Crippen LogP contribution < -0.4 is 10.5 Å². The largest absolute Gasteiger partial charge is 0.379 e. The van der Waals surface area contributed by atoms with Gasteiger partial charge in [0, 0.05) is 19.7 Å². The predicted molar refractivity (Wildman–Crippen MR) is 84.6 cm³/mol. The molecule has 0 atom stereocenters. The third-order valence-corrected chi connectivity index (χ3v) is 4.62. The maximum absolute atomic E-state index is 12.2. The number of ether oxygens (including phenoxy) is 1. The summed E-state index contributed by atoms with van der Waals surface area (Å²) < 4.78 is 32.3. The molecule has 1 aromatic rings. The Morgan fingerprint density at radius 2 is 2.00 bits per heavy atom. The van der Waals surface area contributed by atoms with Crippen LogP contribution in [0.3, 0.4) is 0 Å². The molecule has 0 saturated heterocycles. The van der Waals surface area contributed by atoms with E-state index in [0.717, 1.165) is 24.0 Å². The molecular formula is C15H26N2O3S. The summed E-state index contributed by atoms with van der Waals surface area (Å²) in [6.07, 6.45) is 1.81. The summed E-state index contributed by atoms with van der Waals surface area (Å²) in [4.78, 5) is 0.288. The highest BCUT2D eigenvalue weighted by Crippen LogP contribution is 2.15. The van der Waals surface area contributed by atoms with Gasteiger partial charge < -0.3 is 10.5 Å². The summed E-state index contributed by atoms with van der Waals surface area (Å²) in [7, 11) is -3.44. The minimum Gasteiger partial charge on any atom is -0.379 e. The number of nitrogens with two attached hydrogens (primary N) is 1. The fraction of sp³-hybridized carbons (Fsp3) is 0.600. The molecule has 3 N–H and O–H groups in total. The summed E-state index contributed by atoms with van der Waals surface area (Å²) in [5.74, 6) is 0. The molecule has 0 aliphatic carbocycles. The predicted octanol–water partition coefficient (Wildman–Crippen LogP) is 1.94. The first-order chi connectivity index (χ1) is 9.86. The molecule has 0 amide bonds. The van der Waals surface area contributed by atoms with E-state index in [4.69, 9.17) is 10.5 Å². The maximum Gasteiger partial charge on any atom is 0.240 e. The van der Waals surface area contributed by atoms with Gasteiger partial charge in [0.05, 0.1) is 11.0 Å². The number of hydrogen-bond donors (Lipinski definition) is 2. The molecule has 0 radical (unpaired) electrons. The SMILES string of the molecule is Cc1cc(S(=O)(=O)NCCCCOC(C)C)ccc1CN. The van der Waals surface area contributed by atoms with Crippen molar-refractivity contribution in [1.29, 1.82) is 0 Å². The zero-order valence-corrected chi connectivity index (χ0v) is 13.9. The first kappa shape index (κ1) is 18.1. The van der Waals surface area contributed by atoms with Crippen molar-refractivity contribution in [2.45, 2.75) is 51.2 Å². The van der Waals surface area contributed by atoms with Gasteiger partial charge in [0.1, 0.15) is 0 Å². The zero-order valence-electron chi connectivity index (χ0n) is 13.1. The number of sulfonamides is 1. The Bertz CT molecular complexity index is 542. The van der Waals surface area contributed by atoms with Crippen LogP contribution in [-0.4, -0.2) is 27.7 Å². The van der Waals surface area contributed by atoms with Gasteiger partial charge in [0.2, 0.25) is 10.0 Å². The molecule has 0 unspecified atom stereocenters. The second-order valence-electron chi connectivity index (χ2n) is 5.32. The van der Waals surface area contributed by atoms with Crippen molar-refractivity contribution >= 4 is 10.0 Å². The molecule has 21 heavy (non-hydrogen) atoms. The Morgan fingerprint density at radius 1 is 1.29 bits per heavy atom. The highest BCUT2D eigenvalue weighted by Gasteiger charge is 2.14. The molecule has 0 heterocycles. The lowest BCUT2D eigenvalue weighted by Crippen LogP contribution is -2.25. The fourth-order valence-corrected chi connectivity index (χ4v) is 3.06. The van der Waals surface area contributed by atoms with Crippen LogP contribution in [0.1, 0.15) is 37.8 Å². The maximum atomic E-state index is 12.2. The molecule has 0 aliphatic rings. The van der Waals surface area contributed by atoms with Crippen molar-refractivity contribution in [2.75, 3.05) is 13.2 Å². The lowest BCUT2D eigenvalue weighted by atomic mass is 10.1. The number of aryl methyl sites for hydroxylation is 1. The molecule has 0 fully saturated rings. The van der Waals surface area contributed by atoms with Crippen LogP contribution in [0.5, 0.6) is 0 Å². The van der Waals surface area contributed by atoms with Crippen LogP contribution >= 0.6 is 0 Å². The van der Waals surface area contributed by atoms with Crippen LogP contribution in [-0.2, 0) is 21.3 Å². The van der Waals surface area contributed by atoms with Crippen LogP contribution in [0.2, 0.25) is 0 Å². The van der Waals surface area contributed by atoms with E-state index in [9.17, 15) is 8.42 Å². The van der Waals surface area contributed by atoms with Crippen molar-refractivity contribution in [3.63, 3.8) is 0 Å². The van der Waals surface area contributed by atoms with Crippen molar-refractivity contribution in [3.05, 3.63) is 29.3 Å². The van der Waals surface area contributed by atoms with Gasteiger partial charge >= 0.3 is 0 Å². The highest BCUT2D eigenvalue weighted by atomic mass is 32.2. The van der Waals surface area contributed by atoms with Gasteiger partial charge in [-0.2, -0.15) is 0 Å². The third-order valence-electron chi connectivity index (χ3n) is 3.16. The topological polar surface area (TPSA) is 81.4 Å². The molecule has 0 spiro atoms. The van der Waals surface area contributed by atoms with Crippen LogP contribution in [0.4, 0.5) is 0 Å². The lowest BCUT2D eigenvalue weighted by Gasteiger charge is -2.10. The van der Waals surface area contributed by atoms with Crippen LogP contribution in [0.25, 0.3) is 0 Å². The second-order valence-corrected chi connectivity index (χ2v) is 7.08. The summed E-state index contributed by atoms with van der Waals surface area (Å²) in [5, 5.41) is 0. The Morgan fingerprint density at radius 3 is 2.57 bits per heavy atom. The molecule has 1 aromatic carbocycles. The minimum absolute atomic E-state index is 0.214. The molecule has 6 heteroatoms. The average Bonchev–Trinajstić information content (AvgIpc) is 2.42. The Kier molecular flexibility index (Phi) is 7.31. The molecule has 120 valence electrons. The minimum atomic E-state index is -3.44. The second kappa shape index (κ2) is 8.48. The lowest BCUT2D eigenvalue weighted by molar-refractivity contribution is 0.0762. The van der Waals surface area contributed by atoms with E-state index in [-0.39, 0.29) is 11.0 Å². The molecular weight excluding hydrogens is 288 g/mol. The highest BCUT2D eigenvalue weighted by molar-refractivity contribution is 7.89. The summed E-state index contributed by atoms with van der Waals surface area (Å²) >= 11 is 0. The van der Waals surface area contributed by atoms with E-state index in [1.807, 2.05) is 20.8 Å². The van der Waals surface area contributed by atoms with Gasteiger partial charge in [-0.3, -0.25) is 0 Å². The van der Waals surface area contributed by atoms with Crippen molar-refractivity contribution in [3.8, 4) is 0 Å². The fourth-order valence-electron chi connectivity index (χ4n) is 1.90. The van der Waals surface area contributed by atoms with Gasteiger partial charge in [-0.15, -0.1) is 0 Å². The molecule has 5 nitrogen and oxygen atoms in total. The molecule has 0 bridgehead atoms. The first-order valence-corrected chi connectivity index (χ1v) is 8.76. The Balaban J connectivity index is 2.48. The Labute approximate surface area is 127 Å². The van der Waals surface area contributed by atoms with Gasteiger partial charge in [-0.25, -0.2) is 13.1 Å². The van der Waals surface area contributed by atoms with E-state index in [1.54, 1.807) is 18.2 Å². The quantitative estimate of drug-likeness (QED) is 0.683. The van der Waals surface area contributed by atoms with Gasteiger partial charge in [0.15, 0.2) is 0 Å². The van der Waals surface area contributed by atoms with Crippen molar-refractivity contribution in [1.82, 2.24) is 4.72 Å². The van der Waals surface area contributed by atoms with E-state index < -0.39 is 10.0 Å². The number of unbranched alkanes of at least 4 members (excludes halogenated alkanes) is 1. The average molecular weight is 314 g/mol. The molecule has 0 saturated carbocycles. The van der Waals surface area contributed by atoms with Crippen molar-refractivity contribution in [2.24, 2.45) is 5.73 Å². The first-order valence-electron chi connectivity index (χ1n) is 7.27. The zero-order chi connectivity index (χ0) is 15.9. The molecule has 0 aromatic heterocycles. The number of rotatable bonds is 9. The van der Waals surface area contributed by atoms with Gasteiger partial charge in [0.25, 0.3) is 0 Å².